The molecular weight excluding hydrogens is 456 g/mol. The Morgan fingerprint density at radius 2 is 1.05 bits per heavy atom. The van der Waals surface area contributed by atoms with E-state index in [4.69, 9.17) is 24.4 Å². The number of hydrogen-bond acceptors (Lipinski definition) is 5. The minimum Gasteiger partial charge on any atom is -0.436 e. The predicted molar refractivity (Wildman–Crippen MR) is 147 cm³/mol. The smallest absolute Gasteiger partial charge is 0.228 e. The summed E-state index contributed by atoms with van der Waals surface area (Å²) in [6.45, 7) is 0. The molecule has 0 aliphatic heterocycles. The van der Waals surface area contributed by atoms with Gasteiger partial charge >= 0.3 is 0 Å². The third kappa shape index (κ3) is 3.83. The van der Waals surface area contributed by atoms with Crippen molar-refractivity contribution in [2.75, 3.05) is 0 Å². The topological polar surface area (TPSA) is 64.7 Å². The number of nitrogens with zero attached hydrogens (tertiary/aromatic N) is 4. The van der Waals surface area contributed by atoms with Crippen molar-refractivity contribution >= 4 is 21.9 Å². The molecule has 2 heterocycles. The van der Waals surface area contributed by atoms with Crippen LogP contribution in [0.1, 0.15) is 0 Å². The average Bonchev–Trinajstić information content (AvgIpc) is 3.41. The van der Waals surface area contributed by atoms with Gasteiger partial charge in [-0.2, -0.15) is 0 Å². The summed E-state index contributed by atoms with van der Waals surface area (Å²) in [5.41, 5.74) is 5.09. The first-order chi connectivity index (χ1) is 18.3. The highest BCUT2D eigenvalue weighted by Gasteiger charge is 2.21. The van der Waals surface area contributed by atoms with Crippen LogP contribution in [-0.2, 0) is 0 Å². The van der Waals surface area contributed by atoms with E-state index in [9.17, 15) is 0 Å². The van der Waals surface area contributed by atoms with Gasteiger partial charge in [0.05, 0.1) is 0 Å². The number of fused-ring (bicyclic) bond motifs is 2. The molecule has 37 heavy (non-hydrogen) atoms. The fourth-order valence-electron chi connectivity index (χ4n) is 4.60. The molecule has 0 aliphatic carbocycles. The normalized spacial score (nSPS) is 11.2. The Hall–Kier alpha value is -5.16. The maximum Gasteiger partial charge on any atom is 0.228 e. The van der Waals surface area contributed by atoms with Crippen LogP contribution in [0.15, 0.2) is 126 Å². The summed E-state index contributed by atoms with van der Waals surface area (Å²) in [4.78, 5) is 19.7. The van der Waals surface area contributed by atoms with Crippen molar-refractivity contribution in [1.82, 2.24) is 19.9 Å². The van der Waals surface area contributed by atoms with Crippen LogP contribution in [0.5, 0.6) is 0 Å². The average molecular weight is 477 g/mol. The van der Waals surface area contributed by atoms with Crippen LogP contribution >= 0.6 is 0 Å². The Bertz CT molecular complexity index is 1790. The van der Waals surface area contributed by atoms with Gasteiger partial charge in [0.25, 0.3) is 0 Å². The van der Waals surface area contributed by atoms with Crippen molar-refractivity contribution in [1.29, 1.82) is 0 Å². The van der Waals surface area contributed by atoms with Crippen LogP contribution in [0.3, 0.4) is 0 Å². The molecule has 0 radical (unpaired) electrons. The quantitative estimate of drug-likeness (QED) is 0.259. The van der Waals surface area contributed by atoms with Crippen molar-refractivity contribution in [2.45, 2.75) is 0 Å². The van der Waals surface area contributed by atoms with Gasteiger partial charge in [0.15, 0.2) is 23.1 Å². The standard InChI is InChI=1S/C32H20N4O/c1-3-12-22(13-4-1)29-34-30(23-14-5-2-6-15-23)36-31(35-29)28-24-16-8-7-11-21(24)19-20-25(28)32-33-26-17-9-10-18-27(26)37-32/h1-20H. The highest BCUT2D eigenvalue weighted by molar-refractivity contribution is 6.02. The van der Waals surface area contributed by atoms with Gasteiger partial charge in [0, 0.05) is 22.3 Å². The number of benzene rings is 5. The summed E-state index contributed by atoms with van der Waals surface area (Å²) in [6, 6.07) is 40.1. The van der Waals surface area contributed by atoms with Gasteiger partial charge in [0.1, 0.15) is 5.52 Å². The molecule has 0 amide bonds. The van der Waals surface area contributed by atoms with Gasteiger partial charge in [-0.1, -0.05) is 103 Å². The lowest BCUT2D eigenvalue weighted by atomic mass is 9.98. The van der Waals surface area contributed by atoms with Crippen LogP contribution in [0.4, 0.5) is 0 Å². The molecule has 0 fully saturated rings. The summed E-state index contributed by atoms with van der Waals surface area (Å²) < 4.78 is 6.21. The maximum atomic E-state index is 6.21. The first kappa shape index (κ1) is 21.1. The summed E-state index contributed by atoms with van der Waals surface area (Å²) in [5, 5.41) is 2.10. The van der Waals surface area contributed by atoms with E-state index in [1.807, 2.05) is 103 Å². The van der Waals surface area contributed by atoms with Crippen LogP contribution < -0.4 is 0 Å². The van der Waals surface area contributed by atoms with Crippen LogP contribution in [0.2, 0.25) is 0 Å². The van der Waals surface area contributed by atoms with E-state index < -0.39 is 0 Å². The Labute approximate surface area is 213 Å². The van der Waals surface area contributed by atoms with E-state index in [1.54, 1.807) is 0 Å². The second-order valence-electron chi connectivity index (χ2n) is 8.73. The zero-order chi connectivity index (χ0) is 24.6. The van der Waals surface area contributed by atoms with Gasteiger partial charge in [-0.3, -0.25) is 0 Å². The van der Waals surface area contributed by atoms with Crippen LogP contribution in [0.25, 0.3) is 67.5 Å². The Kier molecular flexibility index (Phi) is 5.03. The van der Waals surface area contributed by atoms with Crippen molar-refractivity contribution in [3.8, 4) is 45.6 Å². The first-order valence-electron chi connectivity index (χ1n) is 12.1. The molecular formula is C32H20N4O. The molecule has 0 spiro atoms. The van der Waals surface area contributed by atoms with Crippen molar-refractivity contribution < 1.29 is 4.42 Å². The minimum absolute atomic E-state index is 0.532. The zero-order valence-electron chi connectivity index (χ0n) is 19.7. The number of rotatable bonds is 4. The van der Waals surface area contributed by atoms with E-state index in [0.717, 1.165) is 44.1 Å². The van der Waals surface area contributed by atoms with Crippen LogP contribution in [-0.4, -0.2) is 19.9 Å². The summed E-state index contributed by atoms with van der Waals surface area (Å²) in [7, 11) is 0. The van der Waals surface area contributed by atoms with E-state index in [-0.39, 0.29) is 0 Å². The molecule has 2 aromatic heterocycles. The fourth-order valence-corrected chi connectivity index (χ4v) is 4.60. The Morgan fingerprint density at radius 3 is 1.76 bits per heavy atom. The second-order valence-corrected chi connectivity index (χ2v) is 8.73. The second kappa shape index (κ2) is 8.81. The SMILES string of the molecule is c1ccc(-c2nc(-c3ccccc3)nc(-c3c(-c4nc5ccccc5o4)ccc4ccccc34)n2)cc1. The lowest BCUT2D eigenvalue weighted by molar-refractivity contribution is 0.620. The molecule has 5 aromatic carbocycles. The van der Waals surface area contributed by atoms with Crippen molar-refractivity contribution in [2.24, 2.45) is 0 Å². The van der Waals surface area contributed by atoms with E-state index >= 15 is 0 Å². The number of para-hydroxylation sites is 2. The molecule has 5 nitrogen and oxygen atoms in total. The first-order valence-corrected chi connectivity index (χ1v) is 12.1. The molecule has 0 atom stereocenters. The minimum atomic E-state index is 0.532. The predicted octanol–water partition coefficient (Wildman–Crippen LogP) is 7.83. The van der Waals surface area contributed by atoms with Gasteiger partial charge in [-0.05, 0) is 29.0 Å². The summed E-state index contributed by atoms with van der Waals surface area (Å²) in [6.07, 6.45) is 0. The molecule has 174 valence electrons. The van der Waals surface area contributed by atoms with Crippen LogP contribution in [0, 0.1) is 0 Å². The molecule has 7 aromatic rings. The largest absolute Gasteiger partial charge is 0.436 e. The van der Waals surface area contributed by atoms with Gasteiger partial charge < -0.3 is 4.42 Å². The lowest BCUT2D eigenvalue weighted by Crippen LogP contribution is -2.01. The third-order valence-electron chi connectivity index (χ3n) is 6.38. The van der Waals surface area contributed by atoms with E-state index in [0.29, 0.717) is 23.4 Å². The molecule has 5 heteroatoms. The molecule has 0 saturated heterocycles. The molecule has 7 rings (SSSR count). The zero-order valence-corrected chi connectivity index (χ0v) is 19.7. The molecule has 0 aliphatic rings. The van der Waals surface area contributed by atoms with Crippen molar-refractivity contribution in [3.63, 3.8) is 0 Å². The highest BCUT2D eigenvalue weighted by atomic mass is 16.3. The van der Waals surface area contributed by atoms with Gasteiger partial charge in [-0.15, -0.1) is 0 Å². The number of hydrogen-bond donors (Lipinski definition) is 0. The van der Waals surface area contributed by atoms with E-state index in [1.165, 1.54) is 0 Å². The number of oxazole rings is 1. The molecule has 0 bridgehead atoms. The molecule has 0 saturated carbocycles. The summed E-state index contributed by atoms with van der Waals surface area (Å²) in [5.74, 6) is 2.33. The fraction of sp³-hybridized carbons (Fsp3) is 0. The van der Waals surface area contributed by atoms with E-state index in [2.05, 4.69) is 18.2 Å². The maximum absolute atomic E-state index is 6.21. The number of aromatic nitrogens is 4. The molecule has 0 N–H and O–H groups in total. The third-order valence-corrected chi connectivity index (χ3v) is 6.38. The Morgan fingerprint density at radius 1 is 0.459 bits per heavy atom. The van der Waals surface area contributed by atoms with Gasteiger partial charge in [-0.25, -0.2) is 19.9 Å². The highest BCUT2D eigenvalue weighted by Crippen LogP contribution is 2.38. The molecule has 0 unspecified atom stereocenters. The monoisotopic (exact) mass is 476 g/mol. The lowest BCUT2D eigenvalue weighted by Gasteiger charge is -2.13. The Balaban J connectivity index is 1.54. The van der Waals surface area contributed by atoms with Crippen molar-refractivity contribution in [3.05, 3.63) is 121 Å². The summed E-state index contributed by atoms with van der Waals surface area (Å²) >= 11 is 0. The van der Waals surface area contributed by atoms with Gasteiger partial charge in [0.2, 0.25) is 5.89 Å².